The summed E-state index contributed by atoms with van der Waals surface area (Å²) in [6.45, 7) is 1.87. The van der Waals surface area contributed by atoms with Gasteiger partial charge < -0.3 is 0 Å². The highest BCUT2D eigenvalue weighted by Crippen LogP contribution is 2.26. The van der Waals surface area contributed by atoms with Gasteiger partial charge in [-0.2, -0.15) is 0 Å². The molecule has 2 aromatic rings. The fourth-order valence-corrected chi connectivity index (χ4v) is 4.69. The Kier molecular flexibility index (Phi) is 3.67. The third-order valence-corrected chi connectivity index (χ3v) is 6.28. The molecule has 0 bridgehead atoms. The predicted molar refractivity (Wildman–Crippen MR) is 81.5 cm³/mol. The van der Waals surface area contributed by atoms with Gasteiger partial charge in [0.15, 0.2) is 0 Å². The quantitative estimate of drug-likeness (QED) is 0.942. The van der Waals surface area contributed by atoms with Crippen molar-refractivity contribution in [2.45, 2.75) is 37.1 Å². The molecule has 106 valence electrons. The molecule has 20 heavy (non-hydrogen) atoms. The number of benzene rings is 1. The lowest BCUT2D eigenvalue weighted by atomic mass is 10.1. The summed E-state index contributed by atoms with van der Waals surface area (Å²) in [4.78, 5) is 1.40. The van der Waals surface area contributed by atoms with E-state index in [4.69, 9.17) is 0 Å². The van der Waals surface area contributed by atoms with Crippen LogP contribution in [0.4, 0.5) is 0 Å². The largest absolute Gasteiger partial charge is 0.241 e. The van der Waals surface area contributed by atoms with Crippen molar-refractivity contribution in [1.29, 1.82) is 0 Å². The Morgan fingerprint density at radius 1 is 1.20 bits per heavy atom. The summed E-state index contributed by atoms with van der Waals surface area (Å²) in [5, 5.41) is 1.95. The SMILES string of the molecule is CC(NS(=O)(=O)c1ccc2c(c1)CCC2)c1cccs1. The van der Waals surface area contributed by atoms with Crippen LogP contribution in [0.1, 0.15) is 35.4 Å². The van der Waals surface area contributed by atoms with Crippen LogP contribution in [0.15, 0.2) is 40.6 Å². The highest BCUT2D eigenvalue weighted by Gasteiger charge is 2.21. The van der Waals surface area contributed by atoms with E-state index >= 15 is 0 Å². The molecule has 3 nitrogen and oxygen atoms in total. The Hall–Kier alpha value is -1.17. The van der Waals surface area contributed by atoms with E-state index in [0.717, 1.165) is 24.1 Å². The van der Waals surface area contributed by atoms with Crippen molar-refractivity contribution >= 4 is 21.4 Å². The van der Waals surface area contributed by atoms with Crippen molar-refractivity contribution in [1.82, 2.24) is 4.72 Å². The van der Waals surface area contributed by atoms with E-state index < -0.39 is 10.0 Å². The highest BCUT2D eigenvalue weighted by molar-refractivity contribution is 7.89. The van der Waals surface area contributed by atoms with Gasteiger partial charge in [0.1, 0.15) is 0 Å². The smallest absolute Gasteiger partial charge is 0.207 e. The maximum absolute atomic E-state index is 12.4. The molecule has 1 aliphatic rings. The zero-order valence-corrected chi connectivity index (χ0v) is 12.9. The normalized spacial score (nSPS) is 16.1. The standard InChI is InChI=1S/C15H17NO2S2/c1-11(15-6-3-9-19-15)16-20(17,18)14-8-7-12-4-2-5-13(12)10-14/h3,6-11,16H,2,4-5H2,1H3. The number of aryl methyl sites for hydroxylation is 2. The maximum atomic E-state index is 12.4. The number of thiophene rings is 1. The lowest BCUT2D eigenvalue weighted by Gasteiger charge is -2.13. The molecule has 0 saturated carbocycles. The number of hydrogen-bond donors (Lipinski definition) is 1. The number of nitrogens with one attached hydrogen (secondary N) is 1. The minimum atomic E-state index is -3.45. The molecule has 1 aliphatic carbocycles. The van der Waals surface area contributed by atoms with Crippen LogP contribution >= 0.6 is 11.3 Å². The summed E-state index contributed by atoms with van der Waals surface area (Å²) in [6.07, 6.45) is 3.17. The molecule has 0 fully saturated rings. The first-order chi connectivity index (χ1) is 9.56. The van der Waals surface area contributed by atoms with E-state index in [1.54, 1.807) is 17.4 Å². The summed E-state index contributed by atoms with van der Waals surface area (Å²) >= 11 is 1.56. The van der Waals surface area contributed by atoms with Crippen LogP contribution in [0, 0.1) is 0 Å². The zero-order valence-electron chi connectivity index (χ0n) is 11.3. The average molecular weight is 307 g/mol. The lowest BCUT2D eigenvalue weighted by Crippen LogP contribution is -2.26. The number of hydrogen-bond acceptors (Lipinski definition) is 3. The van der Waals surface area contributed by atoms with Gasteiger partial charge in [0.05, 0.1) is 10.9 Å². The van der Waals surface area contributed by atoms with Crippen molar-refractivity contribution in [2.75, 3.05) is 0 Å². The Labute approximate surface area is 123 Å². The molecule has 1 heterocycles. The summed E-state index contributed by atoms with van der Waals surface area (Å²) in [6, 6.07) is 9.17. The van der Waals surface area contributed by atoms with Crippen LogP contribution < -0.4 is 4.72 Å². The predicted octanol–water partition coefficient (Wildman–Crippen LogP) is 3.28. The van der Waals surface area contributed by atoms with Crippen LogP contribution in [-0.2, 0) is 22.9 Å². The fourth-order valence-electron chi connectivity index (χ4n) is 2.61. The number of rotatable bonds is 4. The van der Waals surface area contributed by atoms with Gasteiger partial charge in [-0.1, -0.05) is 12.1 Å². The molecule has 3 rings (SSSR count). The molecule has 0 aliphatic heterocycles. The second-order valence-corrected chi connectivity index (χ2v) is 7.84. The molecule has 0 amide bonds. The molecular formula is C15H17NO2S2. The summed E-state index contributed by atoms with van der Waals surface area (Å²) in [5.41, 5.74) is 2.46. The van der Waals surface area contributed by atoms with Gasteiger partial charge in [-0.05, 0) is 60.9 Å². The van der Waals surface area contributed by atoms with E-state index in [-0.39, 0.29) is 6.04 Å². The first-order valence-corrected chi connectivity index (χ1v) is 9.10. The molecule has 5 heteroatoms. The van der Waals surface area contributed by atoms with Crippen molar-refractivity contribution in [3.8, 4) is 0 Å². The van der Waals surface area contributed by atoms with Crippen molar-refractivity contribution < 1.29 is 8.42 Å². The third kappa shape index (κ3) is 2.66. The first kappa shape index (κ1) is 13.8. The van der Waals surface area contributed by atoms with Gasteiger partial charge in [-0.25, -0.2) is 13.1 Å². The first-order valence-electron chi connectivity index (χ1n) is 6.74. The zero-order chi connectivity index (χ0) is 14.2. The average Bonchev–Trinajstić information content (AvgIpc) is 3.08. The van der Waals surface area contributed by atoms with Crippen LogP contribution in [0.2, 0.25) is 0 Å². The van der Waals surface area contributed by atoms with E-state index in [2.05, 4.69) is 4.72 Å². The molecule has 1 aromatic carbocycles. The van der Waals surface area contributed by atoms with Crippen molar-refractivity contribution in [2.24, 2.45) is 0 Å². The summed E-state index contributed by atoms with van der Waals surface area (Å²) < 4.78 is 27.6. The minimum absolute atomic E-state index is 0.201. The molecular weight excluding hydrogens is 290 g/mol. The van der Waals surface area contributed by atoms with Gasteiger partial charge in [0.25, 0.3) is 0 Å². The maximum Gasteiger partial charge on any atom is 0.241 e. The van der Waals surface area contributed by atoms with E-state index in [0.29, 0.717) is 4.90 Å². The molecule has 1 aromatic heterocycles. The molecule has 1 N–H and O–H groups in total. The molecule has 0 saturated heterocycles. The lowest BCUT2D eigenvalue weighted by molar-refractivity contribution is 0.568. The number of fused-ring (bicyclic) bond motifs is 1. The Balaban J connectivity index is 1.85. The molecule has 0 spiro atoms. The second kappa shape index (κ2) is 5.31. The minimum Gasteiger partial charge on any atom is -0.207 e. The van der Waals surface area contributed by atoms with Gasteiger partial charge in [0, 0.05) is 4.88 Å². The third-order valence-electron chi connectivity index (χ3n) is 3.68. The van der Waals surface area contributed by atoms with Gasteiger partial charge in [-0.3, -0.25) is 0 Å². The molecule has 0 radical (unpaired) electrons. The summed E-state index contributed by atoms with van der Waals surface area (Å²) in [5.74, 6) is 0. The number of sulfonamides is 1. The summed E-state index contributed by atoms with van der Waals surface area (Å²) in [7, 11) is -3.45. The van der Waals surface area contributed by atoms with E-state index in [9.17, 15) is 8.42 Å². The van der Waals surface area contributed by atoms with Crippen LogP contribution in [0.25, 0.3) is 0 Å². The van der Waals surface area contributed by atoms with Crippen molar-refractivity contribution in [3.63, 3.8) is 0 Å². The monoisotopic (exact) mass is 307 g/mol. The van der Waals surface area contributed by atoms with Gasteiger partial charge in [-0.15, -0.1) is 11.3 Å². The second-order valence-electron chi connectivity index (χ2n) is 5.14. The van der Waals surface area contributed by atoms with Gasteiger partial charge >= 0.3 is 0 Å². The molecule has 1 atom stereocenters. The van der Waals surface area contributed by atoms with E-state index in [1.807, 2.05) is 36.6 Å². The molecule has 1 unspecified atom stereocenters. The van der Waals surface area contributed by atoms with Crippen LogP contribution in [-0.4, -0.2) is 8.42 Å². The Morgan fingerprint density at radius 3 is 2.75 bits per heavy atom. The highest BCUT2D eigenvalue weighted by atomic mass is 32.2. The van der Waals surface area contributed by atoms with Gasteiger partial charge in [0.2, 0.25) is 10.0 Å². The van der Waals surface area contributed by atoms with Crippen molar-refractivity contribution in [3.05, 3.63) is 51.7 Å². The fraction of sp³-hybridized carbons (Fsp3) is 0.333. The Morgan fingerprint density at radius 2 is 2.00 bits per heavy atom. The van der Waals surface area contributed by atoms with E-state index in [1.165, 1.54) is 11.1 Å². The Bertz CT molecular complexity index is 705. The van der Waals surface area contributed by atoms with Crippen LogP contribution in [0.5, 0.6) is 0 Å². The van der Waals surface area contributed by atoms with Crippen LogP contribution in [0.3, 0.4) is 0 Å². The topological polar surface area (TPSA) is 46.2 Å².